The van der Waals surface area contributed by atoms with Crippen LogP contribution >= 0.6 is 0 Å². The van der Waals surface area contributed by atoms with E-state index >= 15 is 0 Å². The van der Waals surface area contributed by atoms with Crippen LogP contribution in [-0.2, 0) is 4.79 Å². The molecule has 4 rings (SSSR count). The lowest BCUT2D eigenvalue weighted by Gasteiger charge is -2.06. The SMILES string of the molecule is CCOc1ccc(NC(=O)C(C#N)=Cc2ccc3noc(-c4ccccc4)c3c2)cc1. The molecule has 0 bridgehead atoms. The first kappa shape index (κ1) is 19.9. The molecule has 1 amide bonds. The van der Waals surface area contributed by atoms with Gasteiger partial charge in [-0.15, -0.1) is 0 Å². The highest BCUT2D eigenvalue weighted by Crippen LogP contribution is 2.29. The zero-order chi connectivity index (χ0) is 21.6. The van der Waals surface area contributed by atoms with Crippen molar-refractivity contribution in [1.29, 1.82) is 5.26 Å². The predicted octanol–water partition coefficient (Wildman–Crippen LogP) is 5.44. The number of fused-ring (bicyclic) bond motifs is 1. The van der Waals surface area contributed by atoms with Crippen molar-refractivity contribution in [1.82, 2.24) is 5.16 Å². The van der Waals surface area contributed by atoms with Gasteiger partial charge in [-0.3, -0.25) is 4.79 Å². The van der Waals surface area contributed by atoms with Crippen molar-refractivity contribution in [2.24, 2.45) is 0 Å². The lowest BCUT2D eigenvalue weighted by atomic mass is 10.0. The van der Waals surface area contributed by atoms with Gasteiger partial charge >= 0.3 is 0 Å². The molecule has 152 valence electrons. The van der Waals surface area contributed by atoms with E-state index < -0.39 is 5.91 Å². The van der Waals surface area contributed by atoms with E-state index in [1.54, 1.807) is 42.5 Å². The van der Waals surface area contributed by atoms with Crippen molar-refractivity contribution in [3.8, 4) is 23.1 Å². The Morgan fingerprint density at radius 1 is 1.13 bits per heavy atom. The summed E-state index contributed by atoms with van der Waals surface area (Å²) in [4.78, 5) is 12.6. The number of nitrogens with one attached hydrogen (secondary N) is 1. The molecule has 0 spiro atoms. The van der Waals surface area contributed by atoms with E-state index in [1.807, 2.05) is 49.4 Å². The molecule has 1 N–H and O–H groups in total. The third kappa shape index (κ3) is 4.46. The Balaban J connectivity index is 1.59. The molecule has 0 fully saturated rings. The van der Waals surface area contributed by atoms with E-state index in [4.69, 9.17) is 9.26 Å². The number of carbonyl (C=O) groups is 1. The molecule has 0 atom stereocenters. The molecule has 0 saturated heterocycles. The van der Waals surface area contributed by atoms with Crippen LogP contribution in [0, 0.1) is 11.3 Å². The van der Waals surface area contributed by atoms with E-state index in [-0.39, 0.29) is 5.57 Å². The van der Waals surface area contributed by atoms with Crippen molar-refractivity contribution >= 4 is 28.6 Å². The van der Waals surface area contributed by atoms with Gasteiger partial charge in [0.2, 0.25) is 0 Å². The predicted molar refractivity (Wildman–Crippen MR) is 119 cm³/mol. The summed E-state index contributed by atoms with van der Waals surface area (Å²) in [5.41, 5.74) is 2.88. The van der Waals surface area contributed by atoms with Crippen LogP contribution < -0.4 is 10.1 Å². The lowest BCUT2D eigenvalue weighted by Crippen LogP contribution is -2.13. The van der Waals surface area contributed by atoms with Crippen LogP contribution in [0.2, 0.25) is 0 Å². The van der Waals surface area contributed by atoms with Gasteiger partial charge in [0.05, 0.1) is 12.0 Å². The van der Waals surface area contributed by atoms with Crippen LogP contribution in [0.1, 0.15) is 12.5 Å². The minimum absolute atomic E-state index is 0.00838. The number of rotatable bonds is 6. The Hall–Kier alpha value is -4.37. The Morgan fingerprint density at radius 3 is 2.61 bits per heavy atom. The molecule has 0 saturated carbocycles. The first-order valence-corrected chi connectivity index (χ1v) is 9.79. The van der Waals surface area contributed by atoms with Crippen LogP contribution in [0.5, 0.6) is 5.75 Å². The third-order valence-electron chi connectivity index (χ3n) is 4.64. The quantitative estimate of drug-likeness (QED) is 0.338. The van der Waals surface area contributed by atoms with Gasteiger partial charge in [-0.25, -0.2) is 0 Å². The van der Waals surface area contributed by atoms with Crippen molar-refractivity contribution in [2.75, 3.05) is 11.9 Å². The standard InChI is InChI=1S/C25H19N3O3/c1-2-30-21-11-9-20(10-12-21)27-25(29)19(16-26)14-17-8-13-23-22(15-17)24(31-28-23)18-6-4-3-5-7-18/h3-15H,2H2,1H3,(H,27,29). The number of anilines is 1. The first-order valence-electron chi connectivity index (χ1n) is 9.79. The van der Waals surface area contributed by atoms with Crippen LogP contribution in [0.4, 0.5) is 5.69 Å². The van der Waals surface area contributed by atoms with E-state index in [0.29, 0.717) is 34.9 Å². The third-order valence-corrected chi connectivity index (χ3v) is 4.64. The van der Waals surface area contributed by atoms with Crippen molar-refractivity contribution < 1.29 is 14.1 Å². The summed E-state index contributed by atoms with van der Waals surface area (Å²) >= 11 is 0. The van der Waals surface area contributed by atoms with Gasteiger partial charge in [-0.1, -0.05) is 41.6 Å². The molecule has 0 radical (unpaired) electrons. The molecule has 31 heavy (non-hydrogen) atoms. The van der Waals surface area contributed by atoms with Gasteiger partial charge < -0.3 is 14.6 Å². The van der Waals surface area contributed by atoms with E-state index in [0.717, 1.165) is 10.9 Å². The Labute approximate surface area is 179 Å². The molecule has 6 heteroatoms. The minimum atomic E-state index is -0.486. The van der Waals surface area contributed by atoms with Crippen LogP contribution in [0.3, 0.4) is 0 Å². The van der Waals surface area contributed by atoms with Crippen LogP contribution in [0.15, 0.2) is 82.9 Å². The van der Waals surface area contributed by atoms with E-state index in [2.05, 4.69) is 10.5 Å². The monoisotopic (exact) mass is 409 g/mol. The second-order valence-corrected chi connectivity index (χ2v) is 6.74. The molecule has 1 aromatic heterocycles. The maximum atomic E-state index is 12.6. The maximum absolute atomic E-state index is 12.6. The highest BCUT2D eigenvalue weighted by Gasteiger charge is 2.13. The Bertz CT molecular complexity index is 1280. The summed E-state index contributed by atoms with van der Waals surface area (Å²) in [6, 6.07) is 24.1. The number of nitriles is 1. The lowest BCUT2D eigenvalue weighted by molar-refractivity contribution is -0.112. The second-order valence-electron chi connectivity index (χ2n) is 6.74. The molecular weight excluding hydrogens is 390 g/mol. The number of nitrogens with zero attached hydrogens (tertiary/aromatic N) is 2. The topological polar surface area (TPSA) is 88.1 Å². The zero-order valence-electron chi connectivity index (χ0n) is 16.8. The number of amides is 1. The Morgan fingerprint density at radius 2 is 1.90 bits per heavy atom. The van der Waals surface area contributed by atoms with E-state index in [1.165, 1.54) is 0 Å². The molecule has 0 unspecified atom stereocenters. The van der Waals surface area contributed by atoms with Gasteiger partial charge in [0, 0.05) is 11.3 Å². The minimum Gasteiger partial charge on any atom is -0.494 e. The summed E-state index contributed by atoms with van der Waals surface area (Å²) in [5.74, 6) is 0.872. The van der Waals surface area contributed by atoms with E-state index in [9.17, 15) is 10.1 Å². The fourth-order valence-electron chi connectivity index (χ4n) is 3.16. The molecule has 4 aromatic rings. The second kappa shape index (κ2) is 8.97. The molecule has 0 aliphatic rings. The van der Waals surface area contributed by atoms with Crippen molar-refractivity contribution in [3.05, 3.63) is 83.9 Å². The number of aromatic nitrogens is 1. The van der Waals surface area contributed by atoms with Gasteiger partial charge in [0.1, 0.15) is 22.9 Å². The van der Waals surface area contributed by atoms with Gasteiger partial charge in [-0.2, -0.15) is 5.26 Å². The van der Waals surface area contributed by atoms with Crippen molar-refractivity contribution in [2.45, 2.75) is 6.92 Å². The zero-order valence-corrected chi connectivity index (χ0v) is 16.8. The highest BCUT2D eigenvalue weighted by molar-refractivity contribution is 6.10. The first-order chi connectivity index (χ1) is 15.2. The average Bonchev–Trinajstić information content (AvgIpc) is 3.23. The van der Waals surface area contributed by atoms with Crippen LogP contribution in [-0.4, -0.2) is 17.7 Å². The summed E-state index contributed by atoms with van der Waals surface area (Å²) < 4.78 is 10.9. The number of benzene rings is 3. The largest absolute Gasteiger partial charge is 0.494 e. The highest BCUT2D eigenvalue weighted by atomic mass is 16.5. The summed E-state index contributed by atoms with van der Waals surface area (Å²) in [7, 11) is 0. The van der Waals surface area contributed by atoms with Crippen LogP contribution in [0.25, 0.3) is 28.3 Å². The molecule has 6 nitrogen and oxygen atoms in total. The molecule has 1 heterocycles. The molecular formula is C25H19N3O3. The van der Waals surface area contributed by atoms with Gasteiger partial charge in [0.25, 0.3) is 5.91 Å². The van der Waals surface area contributed by atoms with Gasteiger partial charge in [-0.05, 0) is 55.0 Å². The molecule has 0 aliphatic carbocycles. The smallest absolute Gasteiger partial charge is 0.266 e. The maximum Gasteiger partial charge on any atom is 0.266 e. The number of hydrogen-bond acceptors (Lipinski definition) is 5. The molecule has 0 aliphatic heterocycles. The summed E-state index contributed by atoms with van der Waals surface area (Å²) in [6.07, 6.45) is 1.55. The Kier molecular flexibility index (Phi) is 5.77. The van der Waals surface area contributed by atoms with Gasteiger partial charge in [0.15, 0.2) is 5.76 Å². The number of hydrogen-bond donors (Lipinski definition) is 1. The fourth-order valence-corrected chi connectivity index (χ4v) is 3.16. The van der Waals surface area contributed by atoms with Crippen molar-refractivity contribution in [3.63, 3.8) is 0 Å². The number of ether oxygens (including phenoxy) is 1. The normalized spacial score (nSPS) is 11.2. The average molecular weight is 409 g/mol. The number of carbonyl (C=O) groups excluding carboxylic acids is 1. The summed E-state index contributed by atoms with van der Waals surface area (Å²) in [5, 5.41) is 17.2. The summed E-state index contributed by atoms with van der Waals surface area (Å²) in [6.45, 7) is 2.47. The molecule has 3 aromatic carbocycles. The fraction of sp³-hybridized carbons (Fsp3) is 0.0800.